The number of aromatic nitrogens is 3. The monoisotopic (exact) mass is 887 g/mol. The predicted molar refractivity (Wildman–Crippen MR) is 240 cm³/mol. The van der Waals surface area contributed by atoms with Crippen LogP contribution in [0.3, 0.4) is 0 Å². The molecule has 55 heavy (non-hydrogen) atoms. The van der Waals surface area contributed by atoms with Gasteiger partial charge in [-0.15, -0.1) is 5.10 Å². The van der Waals surface area contributed by atoms with Gasteiger partial charge in [-0.05, 0) is 94.7 Å². The highest BCUT2D eigenvalue weighted by atomic mass is 127. The molecule has 8 nitrogen and oxygen atoms in total. The lowest BCUT2D eigenvalue weighted by molar-refractivity contribution is -0.150. The molecule has 0 saturated carbocycles. The summed E-state index contributed by atoms with van der Waals surface area (Å²) in [5.41, 5.74) is 0. The summed E-state index contributed by atoms with van der Waals surface area (Å²) in [5.74, 6) is 0.00808. The topological polar surface area (TPSA) is 86.5 Å². The van der Waals surface area contributed by atoms with Gasteiger partial charge in [0.25, 0.3) is 0 Å². The lowest BCUT2D eigenvalue weighted by atomic mass is 10.0. The summed E-state index contributed by atoms with van der Waals surface area (Å²) < 4.78 is 14.7. The number of esters is 2. The van der Waals surface area contributed by atoms with E-state index < -0.39 is 0 Å². The number of rotatable bonds is 43. The third kappa shape index (κ3) is 35.6. The average molecular weight is 887 g/mol. The number of unbranched alkanes of at least 4 members (excludes halogenated alkanes) is 23. The minimum Gasteiger partial charge on any atom is -0.466 e. The summed E-state index contributed by atoms with van der Waals surface area (Å²) >= 11 is 2.47. The largest absolute Gasteiger partial charge is 0.466 e. The number of alkyl halides is 1. The fourth-order valence-electron chi connectivity index (χ4n) is 7.39. The lowest BCUT2D eigenvalue weighted by Crippen LogP contribution is -2.28. The normalized spacial score (nSPS) is 12.1. The van der Waals surface area contributed by atoms with Gasteiger partial charge >= 0.3 is 11.9 Å². The second kappa shape index (κ2) is 40.9. The summed E-state index contributed by atoms with van der Waals surface area (Å²) in [6.07, 6.45) is 42.2. The third-order valence-electron chi connectivity index (χ3n) is 10.9. The Bertz CT molecular complexity index is 934. The van der Waals surface area contributed by atoms with Crippen LogP contribution in [0.1, 0.15) is 226 Å². The zero-order valence-electron chi connectivity index (χ0n) is 36.1. The van der Waals surface area contributed by atoms with Crippen LogP contribution in [0.15, 0.2) is 12.4 Å². The molecule has 0 amide bonds. The van der Waals surface area contributed by atoms with Gasteiger partial charge in [-0.1, -0.05) is 170 Å². The van der Waals surface area contributed by atoms with Gasteiger partial charge in [0.2, 0.25) is 0 Å². The van der Waals surface area contributed by atoms with Crippen molar-refractivity contribution in [3.05, 3.63) is 12.4 Å². The Labute approximate surface area is 353 Å². The molecule has 0 fully saturated rings. The summed E-state index contributed by atoms with van der Waals surface area (Å²) in [7, 11) is 0. The molecule has 1 aromatic heterocycles. The zero-order valence-corrected chi connectivity index (χ0v) is 38.3. The minimum absolute atomic E-state index is 0.0180. The van der Waals surface area contributed by atoms with Crippen molar-refractivity contribution in [3.8, 4) is 0 Å². The predicted octanol–water partition coefficient (Wildman–Crippen LogP) is 13.4. The van der Waals surface area contributed by atoms with E-state index in [0.29, 0.717) is 19.4 Å². The molecule has 9 heteroatoms. The Balaban J connectivity index is 2.24. The molecule has 0 aliphatic rings. The Hall–Kier alpha value is -1.23. The van der Waals surface area contributed by atoms with Crippen LogP contribution in [0.4, 0.5) is 0 Å². The van der Waals surface area contributed by atoms with Gasteiger partial charge in [-0.25, -0.2) is 0 Å². The standard InChI is InChI=1S/C46H87IN4O4/c1-3-5-7-9-11-22-30-43-54-45(52)34-25-17-13-20-28-38-50(40-31-41-51-42-37-48-49-51)39-29-21-14-18-26-35-46(53)55-44(32-23-15-10-8-6-4-2)33-24-16-12-19-27-36-47/h37,42,44H,3-36,38-41,43H2,1-2H3. The zero-order chi connectivity index (χ0) is 39.7. The van der Waals surface area contributed by atoms with E-state index in [0.717, 1.165) is 77.5 Å². The van der Waals surface area contributed by atoms with Crippen molar-refractivity contribution in [2.45, 2.75) is 238 Å². The first kappa shape index (κ1) is 51.8. The van der Waals surface area contributed by atoms with E-state index in [1.54, 1.807) is 6.20 Å². The molecule has 0 aliphatic heterocycles. The Morgan fingerprint density at radius 3 is 1.60 bits per heavy atom. The third-order valence-corrected chi connectivity index (χ3v) is 11.7. The second-order valence-electron chi connectivity index (χ2n) is 16.2. The Kier molecular flexibility index (Phi) is 38.6. The summed E-state index contributed by atoms with van der Waals surface area (Å²) in [6.45, 7) is 9.34. The molecule has 1 unspecified atom stereocenters. The number of hydrogen-bond donors (Lipinski definition) is 0. The quantitative estimate of drug-likeness (QED) is 0.0279. The number of nitrogens with zero attached hydrogens (tertiary/aromatic N) is 4. The van der Waals surface area contributed by atoms with E-state index in [4.69, 9.17) is 9.47 Å². The fourth-order valence-corrected chi connectivity index (χ4v) is 7.93. The van der Waals surface area contributed by atoms with E-state index in [2.05, 4.69) is 51.7 Å². The molecule has 0 aromatic carbocycles. The highest BCUT2D eigenvalue weighted by molar-refractivity contribution is 14.1. The van der Waals surface area contributed by atoms with Gasteiger partial charge < -0.3 is 14.4 Å². The number of hydrogen-bond acceptors (Lipinski definition) is 7. The highest BCUT2D eigenvalue weighted by Crippen LogP contribution is 2.19. The first-order valence-electron chi connectivity index (χ1n) is 23.6. The van der Waals surface area contributed by atoms with Crippen LogP contribution in [0.2, 0.25) is 0 Å². The van der Waals surface area contributed by atoms with E-state index in [-0.39, 0.29) is 18.0 Å². The van der Waals surface area contributed by atoms with Crippen molar-refractivity contribution in [2.24, 2.45) is 0 Å². The number of ether oxygens (including phenoxy) is 2. The van der Waals surface area contributed by atoms with Crippen LogP contribution in [0.5, 0.6) is 0 Å². The number of carbonyl (C=O) groups is 2. The molecule has 1 rings (SSSR count). The number of aryl methyl sites for hydroxylation is 1. The van der Waals surface area contributed by atoms with E-state index in [9.17, 15) is 9.59 Å². The van der Waals surface area contributed by atoms with Crippen molar-refractivity contribution in [3.63, 3.8) is 0 Å². The molecule has 1 aromatic rings. The molecule has 0 bridgehead atoms. The molecule has 0 N–H and O–H groups in total. The number of halogens is 1. The second-order valence-corrected chi connectivity index (χ2v) is 17.2. The fraction of sp³-hybridized carbons (Fsp3) is 0.913. The molecule has 0 radical (unpaired) electrons. The van der Waals surface area contributed by atoms with E-state index in [1.165, 1.54) is 152 Å². The van der Waals surface area contributed by atoms with Gasteiger partial charge in [0.05, 0.1) is 12.8 Å². The van der Waals surface area contributed by atoms with Crippen LogP contribution < -0.4 is 0 Å². The van der Waals surface area contributed by atoms with Gasteiger partial charge in [0.15, 0.2) is 0 Å². The van der Waals surface area contributed by atoms with Crippen molar-refractivity contribution >= 4 is 34.5 Å². The summed E-state index contributed by atoms with van der Waals surface area (Å²) in [5, 5.41) is 8.08. The van der Waals surface area contributed by atoms with Crippen LogP contribution >= 0.6 is 22.6 Å². The molecule has 322 valence electrons. The first-order chi connectivity index (χ1) is 27.1. The van der Waals surface area contributed by atoms with Gasteiger partial charge in [-0.2, -0.15) is 0 Å². The van der Waals surface area contributed by atoms with Crippen LogP contribution in [-0.2, 0) is 25.6 Å². The van der Waals surface area contributed by atoms with Crippen LogP contribution in [0.25, 0.3) is 0 Å². The maximum absolute atomic E-state index is 12.8. The van der Waals surface area contributed by atoms with E-state index in [1.807, 2.05) is 10.9 Å². The van der Waals surface area contributed by atoms with Gasteiger partial charge in [0, 0.05) is 25.6 Å². The molecular weight excluding hydrogens is 799 g/mol. The van der Waals surface area contributed by atoms with E-state index >= 15 is 0 Å². The summed E-state index contributed by atoms with van der Waals surface area (Å²) in [6, 6.07) is 0. The molecule has 1 heterocycles. The van der Waals surface area contributed by atoms with Crippen LogP contribution in [0, 0.1) is 0 Å². The lowest BCUT2D eigenvalue weighted by Gasteiger charge is -2.22. The minimum atomic E-state index is -0.0180. The number of carbonyl (C=O) groups excluding carboxylic acids is 2. The highest BCUT2D eigenvalue weighted by Gasteiger charge is 2.14. The first-order valence-corrected chi connectivity index (χ1v) is 25.1. The van der Waals surface area contributed by atoms with Crippen molar-refractivity contribution in [1.29, 1.82) is 0 Å². The smallest absolute Gasteiger partial charge is 0.306 e. The summed E-state index contributed by atoms with van der Waals surface area (Å²) in [4.78, 5) is 27.5. The molecule has 0 aliphatic carbocycles. The Morgan fingerprint density at radius 1 is 0.582 bits per heavy atom. The Morgan fingerprint density at radius 2 is 1.05 bits per heavy atom. The average Bonchev–Trinajstić information content (AvgIpc) is 3.71. The van der Waals surface area contributed by atoms with Crippen molar-refractivity contribution in [2.75, 3.05) is 30.7 Å². The van der Waals surface area contributed by atoms with Gasteiger partial charge in [0.1, 0.15) is 6.10 Å². The molecule has 1 atom stereocenters. The molecular formula is C46H87IN4O4. The van der Waals surface area contributed by atoms with Crippen molar-refractivity contribution < 1.29 is 19.1 Å². The SMILES string of the molecule is CCCCCCCCCOC(=O)CCCCCCCN(CCCCCCCC(=O)OC(CCCCCCCC)CCCCCCCI)CCCn1ccnn1. The maximum Gasteiger partial charge on any atom is 0.306 e. The van der Waals surface area contributed by atoms with Crippen LogP contribution in [-0.4, -0.2) is 68.6 Å². The molecule has 0 saturated heterocycles. The maximum atomic E-state index is 12.8. The van der Waals surface area contributed by atoms with Crippen molar-refractivity contribution in [1.82, 2.24) is 19.9 Å². The van der Waals surface area contributed by atoms with Gasteiger partial charge in [-0.3, -0.25) is 14.3 Å². The molecule has 0 spiro atoms.